The largest absolute Gasteiger partial charge is 0.411 e. The van der Waals surface area contributed by atoms with Gasteiger partial charge in [-0.25, -0.2) is 0 Å². The van der Waals surface area contributed by atoms with Crippen molar-refractivity contribution in [3.8, 4) is 0 Å². The molecule has 4 saturated carbocycles. The summed E-state index contributed by atoms with van der Waals surface area (Å²) in [6, 6.07) is 0.671. The smallest absolute Gasteiger partial charge is 0.0799 e. The van der Waals surface area contributed by atoms with Crippen molar-refractivity contribution in [2.75, 3.05) is 7.05 Å². The van der Waals surface area contributed by atoms with Crippen LogP contribution in [0.4, 0.5) is 0 Å². The summed E-state index contributed by atoms with van der Waals surface area (Å²) in [5.74, 6) is 1.71. The van der Waals surface area contributed by atoms with Crippen LogP contribution < -0.4 is 5.32 Å². The van der Waals surface area contributed by atoms with Crippen molar-refractivity contribution in [3.63, 3.8) is 0 Å². The molecule has 2 N–H and O–H groups in total. The second-order valence-corrected chi connectivity index (χ2v) is 12.1. The average Bonchev–Trinajstić information content (AvgIpc) is 3.24. The van der Waals surface area contributed by atoms with Crippen molar-refractivity contribution in [3.05, 3.63) is 11.6 Å². The Kier molecular flexibility index (Phi) is 3.73. The molecule has 0 heterocycles. The summed E-state index contributed by atoms with van der Waals surface area (Å²) in [7, 11) is 2.17. The SMILES string of the molecule is CN[C@H]1CC[C@]23C[C@]24CC[C@]2(C)C(/C(C)=N\O)=CC[C@@]2(C)[C@@H]4CC[C@H]3C1(C)C. The van der Waals surface area contributed by atoms with E-state index in [0.717, 1.165) is 17.5 Å². The zero-order chi connectivity index (χ0) is 20.2. The molecule has 3 nitrogen and oxygen atoms in total. The molecule has 0 aromatic rings. The molecule has 0 radical (unpaired) electrons. The standard InChI is InChI=1S/C25H40N2O/c1-16(27-28)17-9-11-23(5)19-8-7-18-21(2,3)20(26-6)10-12-24(18)15-25(19,24)14-13-22(17,23)4/h9,18-20,26,28H,7-8,10-15H2,1-6H3/b27-16-/t18-,19-,20-,22+,23-,24+,25-/m0/s1. The number of hydrogen-bond donors (Lipinski definition) is 2. The molecule has 5 rings (SSSR count). The Labute approximate surface area is 171 Å². The van der Waals surface area contributed by atoms with Crippen molar-refractivity contribution in [2.24, 2.45) is 44.1 Å². The van der Waals surface area contributed by atoms with Gasteiger partial charge in [0.25, 0.3) is 0 Å². The fraction of sp³-hybridized carbons (Fsp3) is 0.880. The Balaban J connectivity index is 1.52. The topological polar surface area (TPSA) is 44.6 Å². The van der Waals surface area contributed by atoms with Crippen LogP contribution in [0.3, 0.4) is 0 Å². The number of hydrogen-bond acceptors (Lipinski definition) is 3. The lowest BCUT2D eigenvalue weighted by atomic mass is 9.42. The Morgan fingerprint density at radius 3 is 2.39 bits per heavy atom. The third-order valence-corrected chi connectivity index (χ3v) is 11.6. The maximum atomic E-state index is 9.48. The van der Waals surface area contributed by atoms with E-state index in [-0.39, 0.29) is 5.41 Å². The van der Waals surface area contributed by atoms with E-state index in [9.17, 15) is 5.21 Å². The molecule has 28 heavy (non-hydrogen) atoms. The molecule has 7 atom stereocenters. The van der Waals surface area contributed by atoms with Crippen molar-refractivity contribution in [2.45, 2.75) is 92.0 Å². The third kappa shape index (κ3) is 1.85. The van der Waals surface area contributed by atoms with Gasteiger partial charge in [-0.05, 0) is 104 Å². The van der Waals surface area contributed by atoms with E-state index >= 15 is 0 Å². The highest BCUT2D eigenvalue weighted by molar-refractivity contribution is 5.99. The lowest BCUT2D eigenvalue weighted by molar-refractivity contribution is -0.126. The Hall–Kier alpha value is -0.830. The zero-order valence-electron chi connectivity index (χ0n) is 18.9. The van der Waals surface area contributed by atoms with Crippen LogP contribution in [0.2, 0.25) is 0 Å². The minimum Gasteiger partial charge on any atom is -0.411 e. The fourth-order valence-corrected chi connectivity index (χ4v) is 10.0. The van der Waals surface area contributed by atoms with E-state index in [0.29, 0.717) is 27.7 Å². The van der Waals surface area contributed by atoms with Gasteiger partial charge in [-0.2, -0.15) is 0 Å². The van der Waals surface area contributed by atoms with E-state index in [2.05, 4.69) is 51.3 Å². The molecule has 4 fully saturated rings. The van der Waals surface area contributed by atoms with Crippen LogP contribution in [0, 0.1) is 38.9 Å². The van der Waals surface area contributed by atoms with E-state index < -0.39 is 0 Å². The molecule has 0 amide bonds. The van der Waals surface area contributed by atoms with Crippen molar-refractivity contribution in [1.29, 1.82) is 0 Å². The van der Waals surface area contributed by atoms with Gasteiger partial charge in [0.05, 0.1) is 5.71 Å². The van der Waals surface area contributed by atoms with Gasteiger partial charge in [-0.15, -0.1) is 0 Å². The summed E-state index contributed by atoms with van der Waals surface area (Å²) >= 11 is 0. The Bertz CT molecular complexity index is 769. The molecular formula is C25H40N2O. The van der Waals surface area contributed by atoms with Gasteiger partial charge in [0, 0.05) is 11.5 Å². The van der Waals surface area contributed by atoms with Crippen LogP contribution in [0.1, 0.15) is 86.0 Å². The molecule has 0 saturated heterocycles. The normalized spacial score (nSPS) is 54.1. The van der Waals surface area contributed by atoms with Crippen LogP contribution in [-0.2, 0) is 0 Å². The molecule has 0 aromatic heterocycles. The van der Waals surface area contributed by atoms with E-state index in [1.807, 2.05) is 6.92 Å². The highest BCUT2D eigenvalue weighted by Gasteiger charge is 2.81. The number of rotatable bonds is 2. The maximum Gasteiger partial charge on any atom is 0.0799 e. The first kappa shape index (κ1) is 19.2. The van der Waals surface area contributed by atoms with Crippen LogP contribution in [0.5, 0.6) is 0 Å². The van der Waals surface area contributed by atoms with Crippen molar-refractivity contribution in [1.82, 2.24) is 5.32 Å². The average molecular weight is 385 g/mol. The number of allylic oxidation sites excluding steroid dienone is 2. The molecule has 0 aliphatic heterocycles. The third-order valence-electron chi connectivity index (χ3n) is 11.6. The minimum atomic E-state index is 0.174. The molecule has 3 heteroatoms. The van der Waals surface area contributed by atoms with Crippen LogP contribution in [0.15, 0.2) is 16.8 Å². The second-order valence-electron chi connectivity index (χ2n) is 12.1. The summed E-state index contributed by atoms with van der Waals surface area (Å²) in [4.78, 5) is 0. The lowest BCUT2D eigenvalue weighted by Gasteiger charge is -2.63. The molecule has 2 spiro atoms. The molecular weight excluding hydrogens is 344 g/mol. The zero-order valence-corrected chi connectivity index (χ0v) is 18.9. The van der Waals surface area contributed by atoms with Gasteiger partial charge in [0.2, 0.25) is 0 Å². The predicted octanol–water partition coefficient (Wildman–Crippen LogP) is 5.78. The summed E-state index contributed by atoms with van der Waals surface area (Å²) < 4.78 is 0. The monoisotopic (exact) mass is 384 g/mol. The summed E-state index contributed by atoms with van der Waals surface area (Å²) in [5, 5.41) is 16.8. The lowest BCUT2D eigenvalue weighted by Crippen LogP contribution is -2.59. The van der Waals surface area contributed by atoms with Gasteiger partial charge in [0.15, 0.2) is 0 Å². The number of fused-ring (bicyclic) bond motifs is 2. The van der Waals surface area contributed by atoms with E-state index in [4.69, 9.17) is 0 Å². The van der Waals surface area contributed by atoms with Crippen LogP contribution in [0.25, 0.3) is 0 Å². The fourth-order valence-electron chi connectivity index (χ4n) is 10.0. The van der Waals surface area contributed by atoms with Crippen molar-refractivity contribution < 1.29 is 5.21 Å². The number of nitrogens with zero attached hydrogens (tertiary/aromatic N) is 1. The van der Waals surface area contributed by atoms with E-state index in [1.54, 1.807) is 0 Å². The summed E-state index contributed by atoms with van der Waals surface area (Å²) in [5.41, 5.74) is 4.29. The van der Waals surface area contributed by atoms with Crippen LogP contribution >= 0.6 is 0 Å². The first-order valence-corrected chi connectivity index (χ1v) is 11.7. The maximum absolute atomic E-state index is 9.48. The number of nitrogens with one attached hydrogen (secondary N) is 1. The Morgan fingerprint density at radius 1 is 1.04 bits per heavy atom. The van der Waals surface area contributed by atoms with Crippen LogP contribution in [-0.4, -0.2) is 24.0 Å². The van der Waals surface area contributed by atoms with Gasteiger partial charge >= 0.3 is 0 Å². The second kappa shape index (κ2) is 5.45. The molecule has 5 aliphatic rings. The van der Waals surface area contributed by atoms with Crippen molar-refractivity contribution >= 4 is 5.71 Å². The minimum absolute atomic E-state index is 0.174. The molecule has 0 aromatic carbocycles. The molecule has 156 valence electrons. The molecule has 5 aliphatic carbocycles. The van der Waals surface area contributed by atoms with Gasteiger partial charge in [-0.1, -0.05) is 38.9 Å². The highest BCUT2D eigenvalue weighted by atomic mass is 16.4. The van der Waals surface area contributed by atoms with Gasteiger partial charge in [0.1, 0.15) is 0 Å². The molecule has 0 bridgehead atoms. The predicted molar refractivity (Wildman–Crippen MR) is 115 cm³/mol. The first-order valence-electron chi connectivity index (χ1n) is 11.7. The summed E-state index contributed by atoms with van der Waals surface area (Å²) in [6.07, 6.45) is 13.3. The summed E-state index contributed by atoms with van der Waals surface area (Å²) in [6.45, 7) is 12.2. The molecule has 0 unspecified atom stereocenters. The van der Waals surface area contributed by atoms with Gasteiger partial charge < -0.3 is 10.5 Å². The van der Waals surface area contributed by atoms with Gasteiger partial charge in [-0.3, -0.25) is 0 Å². The first-order chi connectivity index (χ1) is 13.1. The quantitative estimate of drug-likeness (QED) is 0.360. The number of oxime groups is 1. The Morgan fingerprint density at radius 2 is 1.71 bits per heavy atom. The van der Waals surface area contributed by atoms with E-state index in [1.165, 1.54) is 56.9 Å². The highest BCUT2D eigenvalue weighted by Crippen LogP contribution is 2.88.